The molecular weight excluding hydrogens is 435 g/mol. The van der Waals surface area contributed by atoms with Gasteiger partial charge in [0.15, 0.2) is 0 Å². The molecule has 0 unspecified atom stereocenters. The summed E-state index contributed by atoms with van der Waals surface area (Å²) < 4.78 is 31.8. The van der Waals surface area contributed by atoms with E-state index in [4.69, 9.17) is 13.6 Å². The first-order valence-corrected chi connectivity index (χ1v) is 12.4. The summed E-state index contributed by atoms with van der Waals surface area (Å²) in [6.45, 7) is 5.82. The largest absolute Gasteiger partial charge is 0.647 e. The summed E-state index contributed by atoms with van der Waals surface area (Å²) >= 11 is 0. The molecule has 6 heteroatoms. The minimum atomic E-state index is -4.16. The Balaban J connectivity index is 1.77. The van der Waals surface area contributed by atoms with Crippen LogP contribution in [0.4, 0.5) is 0 Å². The third-order valence-electron chi connectivity index (χ3n) is 5.37. The maximum Gasteiger partial charge on any atom is 0.647 e. The molecule has 0 atom stereocenters. The van der Waals surface area contributed by atoms with Gasteiger partial charge in [-0.15, -0.1) is 0 Å². The second-order valence-corrected chi connectivity index (χ2v) is 9.41. The Morgan fingerprint density at radius 3 is 1.88 bits per heavy atom. The molecule has 0 amide bonds. The van der Waals surface area contributed by atoms with Gasteiger partial charge in [0, 0.05) is 10.8 Å². The SMILES string of the molecule is CCCc1ccc2c(OP(=O)(Oc3ccccc3C)Oc3ccccc3C)ccc(O)c2c1. The molecule has 0 saturated heterocycles. The number of para-hydroxylation sites is 2. The molecule has 5 nitrogen and oxygen atoms in total. The highest BCUT2D eigenvalue weighted by atomic mass is 31.2. The molecule has 0 radical (unpaired) electrons. The number of hydrogen-bond acceptors (Lipinski definition) is 5. The van der Waals surface area contributed by atoms with Crippen LogP contribution < -0.4 is 13.6 Å². The van der Waals surface area contributed by atoms with Crippen LogP contribution >= 0.6 is 7.82 Å². The summed E-state index contributed by atoms with van der Waals surface area (Å²) in [6, 6.07) is 23.4. The third-order valence-corrected chi connectivity index (χ3v) is 6.64. The van der Waals surface area contributed by atoms with E-state index in [1.165, 1.54) is 6.07 Å². The number of fused-ring (bicyclic) bond motifs is 1. The van der Waals surface area contributed by atoms with E-state index >= 15 is 0 Å². The predicted molar refractivity (Wildman–Crippen MR) is 131 cm³/mol. The van der Waals surface area contributed by atoms with Crippen LogP contribution in [0.1, 0.15) is 30.0 Å². The monoisotopic (exact) mass is 462 g/mol. The predicted octanol–water partition coefficient (Wildman–Crippen LogP) is 7.76. The molecule has 0 saturated carbocycles. The Morgan fingerprint density at radius 1 is 0.727 bits per heavy atom. The Hall–Kier alpha value is -3.43. The second-order valence-electron chi connectivity index (χ2n) is 7.96. The van der Waals surface area contributed by atoms with Gasteiger partial charge in [0.1, 0.15) is 23.0 Å². The van der Waals surface area contributed by atoms with E-state index in [-0.39, 0.29) is 5.75 Å². The Kier molecular flexibility index (Phi) is 6.62. The number of phenols is 1. The van der Waals surface area contributed by atoms with Crippen LogP contribution in [-0.2, 0) is 11.0 Å². The number of phenolic OH excluding ortho intramolecular Hbond substituents is 1. The molecule has 0 aliphatic carbocycles. The lowest BCUT2D eigenvalue weighted by Crippen LogP contribution is -2.09. The Morgan fingerprint density at radius 2 is 1.30 bits per heavy atom. The highest BCUT2D eigenvalue weighted by molar-refractivity contribution is 7.49. The fourth-order valence-corrected chi connectivity index (χ4v) is 5.01. The van der Waals surface area contributed by atoms with Gasteiger partial charge in [0.25, 0.3) is 0 Å². The van der Waals surface area contributed by atoms with Gasteiger partial charge in [-0.2, -0.15) is 4.57 Å². The fourth-order valence-electron chi connectivity index (χ4n) is 3.61. The standard InChI is InChI=1S/C27H27O5P/c1-4-9-21-14-15-22-23(18-21)24(28)16-17-27(22)32-33(29,30-25-12-7-5-10-19(25)2)31-26-13-8-6-11-20(26)3/h5-8,10-18,28H,4,9H2,1-3H3. The molecule has 4 aromatic carbocycles. The van der Waals surface area contributed by atoms with Crippen LogP contribution in [0.25, 0.3) is 10.8 Å². The number of phosphoric acid groups is 1. The van der Waals surface area contributed by atoms with Crippen molar-refractivity contribution in [3.63, 3.8) is 0 Å². The van der Waals surface area contributed by atoms with Crippen molar-refractivity contribution in [2.75, 3.05) is 0 Å². The van der Waals surface area contributed by atoms with Crippen LogP contribution in [-0.4, -0.2) is 5.11 Å². The van der Waals surface area contributed by atoms with Crippen molar-refractivity contribution >= 4 is 18.6 Å². The quantitative estimate of drug-likeness (QED) is 0.271. The summed E-state index contributed by atoms with van der Waals surface area (Å²) in [5.41, 5.74) is 2.71. The first-order valence-electron chi connectivity index (χ1n) is 10.9. The van der Waals surface area contributed by atoms with Gasteiger partial charge < -0.3 is 18.7 Å². The molecular formula is C27H27O5P. The van der Waals surface area contributed by atoms with Crippen molar-refractivity contribution in [1.29, 1.82) is 0 Å². The topological polar surface area (TPSA) is 65.0 Å². The molecule has 1 N–H and O–H groups in total. The molecule has 0 aromatic heterocycles. The van der Waals surface area contributed by atoms with E-state index in [1.807, 2.05) is 56.3 Å². The number of rotatable bonds is 8. The molecule has 0 heterocycles. The van der Waals surface area contributed by atoms with Gasteiger partial charge in [-0.05, 0) is 67.3 Å². The minimum absolute atomic E-state index is 0.129. The Bertz CT molecular complexity index is 1280. The summed E-state index contributed by atoms with van der Waals surface area (Å²) in [6.07, 6.45) is 1.89. The molecule has 0 bridgehead atoms. The van der Waals surface area contributed by atoms with E-state index in [2.05, 4.69) is 6.92 Å². The van der Waals surface area contributed by atoms with Gasteiger partial charge in [-0.1, -0.05) is 61.9 Å². The van der Waals surface area contributed by atoms with Gasteiger partial charge >= 0.3 is 7.82 Å². The zero-order chi connectivity index (χ0) is 23.4. The fraction of sp³-hybridized carbons (Fsp3) is 0.185. The molecule has 0 spiro atoms. The summed E-state index contributed by atoms with van der Waals surface area (Å²) in [7, 11) is -4.16. The lowest BCUT2D eigenvalue weighted by molar-refractivity contribution is 0.298. The minimum Gasteiger partial charge on any atom is -0.507 e. The zero-order valence-corrected chi connectivity index (χ0v) is 19.8. The van der Waals surface area contributed by atoms with Crippen molar-refractivity contribution in [1.82, 2.24) is 0 Å². The lowest BCUT2D eigenvalue weighted by Gasteiger charge is -2.22. The smallest absolute Gasteiger partial charge is 0.507 e. The van der Waals surface area contributed by atoms with Crippen LogP contribution in [0.3, 0.4) is 0 Å². The molecule has 170 valence electrons. The summed E-state index contributed by atoms with van der Waals surface area (Å²) in [4.78, 5) is 0. The van der Waals surface area contributed by atoms with Gasteiger partial charge in [-0.25, -0.2) is 0 Å². The average molecular weight is 462 g/mol. The number of aromatic hydroxyl groups is 1. The summed E-state index contributed by atoms with van der Waals surface area (Å²) in [5.74, 6) is 1.24. The number of hydrogen-bond donors (Lipinski definition) is 1. The average Bonchev–Trinajstić information content (AvgIpc) is 2.79. The second kappa shape index (κ2) is 9.60. The number of aryl methyl sites for hydroxylation is 3. The first-order chi connectivity index (χ1) is 15.9. The first kappa shape index (κ1) is 22.8. The number of benzene rings is 4. The lowest BCUT2D eigenvalue weighted by atomic mass is 10.0. The molecule has 4 aromatic rings. The molecule has 4 rings (SSSR count). The van der Waals surface area contributed by atoms with Crippen molar-refractivity contribution in [2.24, 2.45) is 0 Å². The van der Waals surface area contributed by atoms with E-state index in [9.17, 15) is 9.67 Å². The Labute approximate surface area is 194 Å². The molecule has 33 heavy (non-hydrogen) atoms. The zero-order valence-electron chi connectivity index (χ0n) is 18.9. The third kappa shape index (κ3) is 5.15. The van der Waals surface area contributed by atoms with Crippen molar-refractivity contribution in [3.05, 3.63) is 95.6 Å². The van der Waals surface area contributed by atoms with E-state index in [0.717, 1.165) is 29.5 Å². The molecule has 0 aliphatic heterocycles. The van der Waals surface area contributed by atoms with Crippen LogP contribution in [0.5, 0.6) is 23.0 Å². The summed E-state index contributed by atoms with van der Waals surface area (Å²) in [5, 5.41) is 11.7. The van der Waals surface area contributed by atoms with Gasteiger partial charge in [-0.3, -0.25) is 0 Å². The van der Waals surface area contributed by atoms with Crippen LogP contribution in [0, 0.1) is 13.8 Å². The molecule has 0 aliphatic rings. The normalized spacial score (nSPS) is 11.4. The van der Waals surface area contributed by atoms with Crippen molar-refractivity contribution in [3.8, 4) is 23.0 Å². The maximum absolute atomic E-state index is 14.0. The van der Waals surface area contributed by atoms with Crippen molar-refractivity contribution < 1.29 is 23.2 Å². The number of phosphoric ester groups is 1. The van der Waals surface area contributed by atoms with Gasteiger partial charge in [0.2, 0.25) is 0 Å². The van der Waals surface area contributed by atoms with E-state index < -0.39 is 7.82 Å². The highest BCUT2D eigenvalue weighted by Gasteiger charge is 2.35. The van der Waals surface area contributed by atoms with Crippen LogP contribution in [0.2, 0.25) is 0 Å². The van der Waals surface area contributed by atoms with Crippen molar-refractivity contribution in [2.45, 2.75) is 33.6 Å². The van der Waals surface area contributed by atoms with Gasteiger partial charge in [0.05, 0.1) is 0 Å². The highest BCUT2D eigenvalue weighted by Crippen LogP contribution is 2.52. The van der Waals surface area contributed by atoms with E-state index in [1.54, 1.807) is 30.3 Å². The maximum atomic E-state index is 14.0. The van der Waals surface area contributed by atoms with Crippen LogP contribution in [0.15, 0.2) is 78.9 Å². The molecule has 0 fully saturated rings. The van der Waals surface area contributed by atoms with E-state index in [0.29, 0.717) is 28.0 Å².